The van der Waals surface area contributed by atoms with Crippen molar-refractivity contribution >= 4 is 23.1 Å². The van der Waals surface area contributed by atoms with Gasteiger partial charge in [0, 0.05) is 49.5 Å². The highest BCUT2D eigenvalue weighted by molar-refractivity contribution is 6.15. The molecule has 2 aromatic carbocycles. The van der Waals surface area contributed by atoms with E-state index >= 15 is 0 Å². The van der Waals surface area contributed by atoms with Crippen LogP contribution in [0.5, 0.6) is 5.75 Å². The van der Waals surface area contributed by atoms with E-state index < -0.39 is 5.97 Å². The van der Waals surface area contributed by atoms with Crippen molar-refractivity contribution in [3.8, 4) is 5.75 Å². The molecule has 8 heteroatoms. The van der Waals surface area contributed by atoms with Crippen molar-refractivity contribution in [1.82, 2.24) is 4.73 Å². The third-order valence-corrected chi connectivity index (χ3v) is 5.50. The number of amides is 1. The summed E-state index contributed by atoms with van der Waals surface area (Å²) in [5.41, 5.74) is 3.61. The molecule has 0 unspecified atom stereocenters. The zero-order valence-corrected chi connectivity index (χ0v) is 19.0. The molecule has 1 aliphatic rings. The van der Waals surface area contributed by atoms with Gasteiger partial charge in [-0.15, -0.1) is 0 Å². The third-order valence-electron chi connectivity index (χ3n) is 5.50. The van der Waals surface area contributed by atoms with Crippen molar-refractivity contribution < 1.29 is 24.3 Å². The van der Waals surface area contributed by atoms with Gasteiger partial charge in [0.25, 0.3) is 5.91 Å². The molecule has 0 saturated carbocycles. The molecule has 0 spiro atoms. The van der Waals surface area contributed by atoms with E-state index in [1.165, 1.54) is 19.4 Å². The van der Waals surface area contributed by atoms with E-state index in [0.29, 0.717) is 53.2 Å². The van der Waals surface area contributed by atoms with E-state index in [9.17, 15) is 14.8 Å². The van der Waals surface area contributed by atoms with Gasteiger partial charge in [-0.1, -0.05) is 24.3 Å². The van der Waals surface area contributed by atoms with Crippen molar-refractivity contribution in [3.63, 3.8) is 0 Å². The summed E-state index contributed by atoms with van der Waals surface area (Å²) in [5.74, 6) is -0.0839. The second-order valence-electron chi connectivity index (χ2n) is 7.66. The van der Waals surface area contributed by atoms with Crippen LogP contribution in [0.2, 0.25) is 0 Å². The summed E-state index contributed by atoms with van der Waals surface area (Å²) in [7, 11) is 3.02. The Labute approximate surface area is 197 Å². The van der Waals surface area contributed by atoms with Crippen molar-refractivity contribution in [2.24, 2.45) is 4.99 Å². The van der Waals surface area contributed by atoms with Crippen LogP contribution in [-0.4, -0.2) is 49.1 Å². The van der Waals surface area contributed by atoms with Gasteiger partial charge in [-0.25, -0.2) is 4.79 Å². The second kappa shape index (κ2) is 10.1. The Bertz CT molecular complexity index is 1330. The van der Waals surface area contributed by atoms with Crippen LogP contribution < -0.4 is 15.1 Å². The molecule has 0 saturated heterocycles. The van der Waals surface area contributed by atoms with Crippen molar-refractivity contribution in [1.29, 1.82) is 0 Å². The number of esters is 1. The molecular formula is C26H25N3O5. The molecule has 0 fully saturated rings. The molecule has 1 amide bonds. The standard InChI is InChI=1S/C26H25N3O5/c1-28-23-16-18(34-15-7-13-27-24-10-5-6-14-29(24)32)11-12-20(23)22(17-25(30)33-2)19-8-3-4-9-21(19)26(28)31/h3-6,8-12,14,16-17,32H,7,13,15H2,1-2H3. The summed E-state index contributed by atoms with van der Waals surface area (Å²) in [6.07, 6.45) is 3.56. The predicted octanol–water partition coefficient (Wildman–Crippen LogP) is 3.29. The number of fused-ring (bicyclic) bond motifs is 2. The SMILES string of the molecule is COC(=O)C=C1c2ccccc2C(=O)N(C)c2cc(OCCCN=c3ccccn3O)ccc21. The van der Waals surface area contributed by atoms with Gasteiger partial charge in [0.2, 0.25) is 0 Å². The lowest BCUT2D eigenvalue weighted by Gasteiger charge is -2.19. The van der Waals surface area contributed by atoms with Crippen molar-refractivity contribution in [2.75, 3.05) is 32.2 Å². The Morgan fingerprint density at radius 3 is 2.59 bits per heavy atom. The fourth-order valence-electron chi connectivity index (χ4n) is 3.78. The Morgan fingerprint density at radius 1 is 1.06 bits per heavy atom. The van der Waals surface area contributed by atoms with Gasteiger partial charge in [-0.2, -0.15) is 4.73 Å². The topological polar surface area (TPSA) is 93.4 Å². The molecule has 3 aromatic rings. The molecule has 174 valence electrons. The van der Waals surface area contributed by atoms with Gasteiger partial charge in [0.1, 0.15) is 5.75 Å². The van der Waals surface area contributed by atoms with Gasteiger partial charge in [0.15, 0.2) is 5.49 Å². The molecular weight excluding hydrogens is 434 g/mol. The lowest BCUT2D eigenvalue weighted by molar-refractivity contribution is -0.134. The van der Waals surface area contributed by atoms with Crippen LogP contribution in [0.15, 0.2) is 77.9 Å². The number of ether oxygens (including phenoxy) is 2. The highest BCUT2D eigenvalue weighted by Gasteiger charge is 2.28. The van der Waals surface area contributed by atoms with E-state index in [1.807, 2.05) is 24.3 Å². The first-order valence-electron chi connectivity index (χ1n) is 10.8. The van der Waals surface area contributed by atoms with Gasteiger partial charge >= 0.3 is 5.97 Å². The number of benzene rings is 2. The molecule has 2 heterocycles. The first-order chi connectivity index (χ1) is 16.5. The third kappa shape index (κ3) is 4.71. The second-order valence-corrected chi connectivity index (χ2v) is 7.66. The predicted molar refractivity (Wildman–Crippen MR) is 127 cm³/mol. The normalized spacial score (nSPS) is 14.4. The molecule has 1 N–H and O–H groups in total. The first-order valence-corrected chi connectivity index (χ1v) is 10.8. The number of rotatable bonds is 6. The van der Waals surface area contributed by atoms with Crippen molar-refractivity contribution in [3.05, 3.63) is 95.1 Å². The Balaban J connectivity index is 1.58. The number of hydrogen-bond acceptors (Lipinski definition) is 6. The van der Waals surface area contributed by atoms with Crippen LogP contribution in [0, 0.1) is 0 Å². The highest BCUT2D eigenvalue weighted by atomic mass is 16.5. The summed E-state index contributed by atoms with van der Waals surface area (Å²) in [4.78, 5) is 31.2. The number of carbonyl (C=O) groups excluding carboxylic acids is 2. The first kappa shape index (κ1) is 22.8. The Hall–Kier alpha value is -4.33. The van der Waals surface area contributed by atoms with E-state index in [4.69, 9.17) is 9.47 Å². The molecule has 34 heavy (non-hydrogen) atoms. The molecule has 1 aromatic heterocycles. The molecule has 0 radical (unpaired) electrons. The summed E-state index contributed by atoms with van der Waals surface area (Å²) < 4.78 is 11.7. The number of hydrogen-bond donors (Lipinski definition) is 1. The van der Waals surface area contributed by atoms with Crippen LogP contribution in [0.1, 0.15) is 27.9 Å². The van der Waals surface area contributed by atoms with Crippen molar-refractivity contribution in [2.45, 2.75) is 6.42 Å². The minimum atomic E-state index is -0.501. The molecule has 0 aliphatic carbocycles. The Morgan fingerprint density at radius 2 is 1.82 bits per heavy atom. The van der Waals surface area contributed by atoms with Gasteiger partial charge in [0.05, 0.1) is 19.4 Å². The average Bonchev–Trinajstić information content (AvgIpc) is 2.94. The monoisotopic (exact) mass is 459 g/mol. The lowest BCUT2D eigenvalue weighted by Crippen LogP contribution is -2.26. The van der Waals surface area contributed by atoms with Gasteiger partial charge in [-0.05, 0) is 41.5 Å². The van der Waals surface area contributed by atoms with Gasteiger partial charge < -0.3 is 19.6 Å². The van der Waals surface area contributed by atoms with E-state index in [1.54, 1.807) is 48.3 Å². The number of methoxy groups -OCH3 is 1. The number of anilines is 1. The number of nitrogens with zero attached hydrogens (tertiary/aromatic N) is 3. The van der Waals surface area contributed by atoms with Crippen LogP contribution >= 0.6 is 0 Å². The average molecular weight is 460 g/mol. The minimum Gasteiger partial charge on any atom is -0.493 e. The van der Waals surface area contributed by atoms with Crippen LogP contribution in [0.4, 0.5) is 5.69 Å². The molecule has 4 rings (SSSR count). The number of aromatic nitrogens is 1. The fraction of sp³-hybridized carbons (Fsp3) is 0.192. The largest absolute Gasteiger partial charge is 0.493 e. The van der Waals surface area contributed by atoms with Crippen LogP contribution in [0.25, 0.3) is 5.57 Å². The number of carbonyl (C=O) groups is 2. The van der Waals surface area contributed by atoms with E-state index in [-0.39, 0.29) is 5.91 Å². The maximum absolute atomic E-state index is 13.2. The summed E-state index contributed by atoms with van der Waals surface area (Å²) >= 11 is 0. The lowest BCUT2D eigenvalue weighted by atomic mass is 9.94. The molecule has 1 aliphatic heterocycles. The molecule has 8 nitrogen and oxygen atoms in total. The summed E-state index contributed by atoms with van der Waals surface area (Å²) in [6.45, 7) is 0.887. The number of pyridine rings is 1. The fourth-order valence-corrected chi connectivity index (χ4v) is 3.78. The van der Waals surface area contributed by atoms with Gasteiger partial charge in [-0.3, -0.25) is 9.79 Å². The summed E-state index contributed by atoms with van der Waals surface area (Å²) in [5, 5.41) is 9.71. The quantitative estimate of drug-likeness (QED) is 0.264. The minimum absolute atomic E-state index is 0.179. The van der Waals surface area contributed by atoms with Crippen LogP contribution in [0.3, 0.4) is 0 Å². The molecule has 0 bridgehead atoms. The zero-order chi connectivity index (χ0) is 24.1. The Kier molecular flexibility index (Phi) is 6.77. The zero-order valence-electron chi connectivity index (χ0n) is 19.0. The highest BCUT2D eigenvalue weighted by Crippen LogP contribution is 2.39. The molecule has 0 atom stereocenters. The van der Waals surface area contributed by atoms with E-state index in [2.05, 4.69) is 4.99 Å². The summed E-state index contributed by atoms with van der Waals surface area (Å²) in [6, 6.07) is 17.9. The maximum atomic E-state index is 13.2. The van der Waals surface area contributed by atoms with E-state index in [0.717, 1.165) is 10.3 Å². The maximum Gasteiger partial charge on any atom is 0.331 e. The smallest absolute Gasteiger partial charge is 0.331 e. The van der Waals surface area contributed by atoms with Crippen LogP contribution in [-0.2, 0) is 9.53 Å².